The Hall–Kier alpha value is -1.15. The van der Waals surface area contributed by atoms with E-state index in [1.165, 1.54) is 6.66 Å². The Kier molecular flexibility index (Phi) is 2.61. The van der Waals surface area contributed by atoms with E-state index >= 15 is 0 Å². The fraction of sp³-hybridized carbons (Fsp3) is 0.0909. The van der Waals surface area contributed by atoms with Crippen LogP contribution in [0.4, 0.5) is 0 Å². The van der Waals surface area contributed by atoms with E-state index in [9.17, 15) is 9.79 Å². The summed E-state index contributed by atoms with van der Waals surface area (Å²) in [7, 11) is -3.52. The first-order chi connectivity index (χ1) is 7.06. The van der Waals surface area contributed by atoms with Crippen molar-refractivity contribution in [2.24, 2.45) is 0 Å². The average molecular weight is 224 g/mol. The third-order valence-electron chi connectivity index (χ3n) is 2.05. The molecule has 0 spiro atoms. The fourth-order valence-electron chi connectivity index (χ4n) is 1.49. The van der Waals surface area contributed by atoms with E-state index in [0.29, 0.717) is 5.75 Å². The Morgan fingerprint density at radius 1 is 1.00 bits per heavy atom. The van der Waals surface area contributed by atoms with Crippen LogP contribution >= 0.6 is 7.94 Å². The van der Waals surface area contributed by atoms with Crippen molar-refractivity contribution in [1.82, 2.24) is 0 Å². The number of benzene rings is 2. The summed E-state index contributed by atoms with van der Waals surface area (Å²) in [6.45, 7) is 1.31. The van der Waals surface area contributed by atoms with Gasteiger partial charge in [0.15, 0.2) is 0 Å². The molecule has 0 radical (unpaired) electrons. The third-order valence-corrected chi connectivity index (χ3v) is 2.66. The summed E-state index contributed by atoms with van der Waals surface area (Å²) in [6.07, 6.45) is 0. The second kappa shape index (κ2) is 3.78. The first-order valence-corrected chi connectivity index (χ1v) is 6.98. The minimum atomic E-state index is -3.52. The molecule has 3 nitrogen and oxygen atoms in total. The third kappa shape index (κ3) is 2.45. The SMILES string of the molecule is C[PH](O)(O)Oc1cccc2ccccc12. The van der Waals surface area contributed by atoms with Gasteiger partial charge in [-0.25, -0.2) is 0 Å². The molecule has 2 aromatic carbocycles. The minimum absolute atomic E-state index is 0.521. The summed E-state index contributed by atoms with van der Waals surface area (Å²) in [4.78, 5) is 18.6. The van der Waals surface area contributed by atoms with Crippen molar-refractivity contribution in [1.29, 1.82) is 0 Å². The van der Waals surface area contributed by atoms with Crippen molar-refractivity contribution in [3.8, 4) is 5.75 Å². The number of hydrogen-bond acceptors (Lipinski definition) is 3. The quantitative estimate of drug-likeness (QED) is 0.769. The molecule has 4 heteroatoms. The first-order valence-electron chi connectivity index (χ1n) is 4.68. The molecule has 15 heavy (non-hydrogen) atoms. The summed E-state index contributed by atoms with van der Waals surface area (Å²) in [6, 6.07) is 13.2. The molecule has 0 unspecified atom stereocenters. The van der Waals surface area contributed by atoms with Gasteiger partial charge in [0.2, 0.25) is 0 Å². The maximum absolute atomic E-state index is 9.30. The van der Waals surface area contributed by atoms with Crippen LogP contribution in [-0.4, -0.2) is 16.5 Å². The van der Waals surface area contributed by atoms with Crippen molar-refractivity contribution >= 4 is 18.7 Å². The van der Waals surface area contributed by atoms with E-state index in [0.717, 1.165) is 10.8 Å². The van der Waals surface area contributed by atoms with Crippen LogP contribution < -0.4 is 4.52 Å². The summed E-state index contributed by atoms with van der Waals surface area (Å²) in [5.74, 6) is 0.521. The molecule has 0 fully saturated rings. The Balaban J connectivity index is 2.52. The van der Waals surface area contributed by atoms with E-state index < -0.39 is 7.94 Å². The fourth-order valence-corrected chi connectivity index (χ4v) is 2.09. The van der Waals surface area contributed by atoms with E-state index in [1.807, 2.05) is 36.4 Å². The predicted molar refractivity (Wildman–Crippen MR) is 63.3 cm³/mol. The molecule has 2 N–H and O–H groups in total. The summed E-state index contributed by atoms with van der Waals surface area (Å²) in [5.41, 5.74) is 0. The molecule has 0 aliphatic heterocycles. The van der Waals surface area contributed by atoms with Crippen LogP contribution in [0.2, 0.25) is 0 Å². The predicted octanol–water partition coefficient (Wildman–Crippen LogP) is 2.33. The van der Waals surface area contributed by atoms with Gasteiger partial charge in [0, 0.05) is 0 Å². The van der Waals surface area contributed by atoms with Crippen molar-refractivity contribution in [3.63, 3.8) is 0 Å². The Morgan fingerprint density at radius 2 is 1.67 bits per heavy atom. The van der Waals surface area contributed by atoms with E-state index in [-0.39, 0.29) is 0 Å². The monoisotopic (exact) mass is 224 g/mol. The summed E-state index contributed by atoms with van der Waals surface area (Å²) in [5, 5.41) is 1.91. The molecule has 0 aliphatic carbocycles. The molecule has 0 heterocycles. The van der Waals surface area contributed by atoms with Gasteiger partial charge in [-0.2, -0.15) is 0 Å². The van der Waals surface area contributed by atoms with E-state index in [2.05, 4.69) is 0 Å². The van der Waals surface area contributed by atoms with Crippen LogP contribution in [-0.2, 0) is 0 Å². The zero-order valence-corrected chi connectivity index (χ0v) is 9.34. The Bertz CT molecular complexity index is 471. The number of rotatable bonds is 2. The summed E-state index contributed by atoms with van der Waals surface area (Å²) < 4.78 is 5.16. The van der Waals surface area contributed by atoms with Crippen LogP contribution in [0.3, 0.4) is 0 Å². The van der Waals surface area contributed by atoms with E-state index in [1.54, 1.807) is 6.07 Å². The molecule has 0 aromatic heterocycles. The first kappa shape index (κ1) is 10.4. The van der Waals surface area contributed by atoms with Gasteiger partial charge < -0.3 is 0 Å². The molecule has 0 saturated carbocycles. The second-order valence-electron chi connectivity index (χ2n) is 3.51. The van der Waals surface area contributed by atoms with Crippen LogP contribution in [0.15, 0.2) is 42.5 Å². The van der Waals surface area contributed by atoms with Crippen LogP contribution in [0.25, 0.3) is 10.8 Å². The van der Waals surface area contributed by atoms with Gasteiger partial charge in [-0.1, -0.05) is 0 Å². The molecular weight excluding hydrogens is 211 g/mol. The molecule has 0 bridgehead atoms. The topological polar surface area (TPSA) is 49.7 Å². The molecule has 0 atom stereocenters. The standard InChI is InChI=1S/C11H13O3P/c1-15(12,13)14-11-8-4-6-9-5-2-3-7-10(9)11/h2-8,12-13,15H,1H3. The number of hydrogen-bond donors (Lipinski definition) is 2. The average Bonchev–Trinajstić information content (AvgIpc) is 2.16. The maximum atomic E-state index is 9.30. The van der Waals surface area contributed by atoms with Crippen LogP contribution in [0.5, 0.6) is 5.75 Å². The van der Waals surface area contributed by atoms with Gasteiger partial charge in [-0.15, -0.1) is 0 Å². The molecule has 80 valence electrons. The van der Waals surface area contributed by atoms with Crippen molar-refractivity contribution in [2.45, 2.75) is 0 Å². The van der Waals surface area contributed by atoms with E-state index in [4.69, 9.17) is 4.52 Å². The molecule has 0 aliphatic rings. The van der Waals surface area contributed by atoms with Crippen molar-refractivity contribution < 1.29 is 14.3 Å². The van der Waals surface area contributed by atoms with Crippen LogP contribution in [0, 0.1) is 0 Å². The van der Waals surface area contributed by atoms with Gasteiger partial charge in [0.05, 0.1) is 0 Å². The zero-order chi connectivity index (χ0) is 10.9. The molecule has 2 rings (SSSR count). The van der Waals surface area contributed by atoms with Crippen molar-refractivity contribution in [2.75, 3.05) is 6.66 Å². The number of fused-ring (bicyclic) bond motifs is 1. The van der Waals surface area contributed by atoms with Gasteiger partial charge >= 0.3 is 87.9 Å². The van der Waals surface area contributed by atoms with Gasteiger partial charge in [0.1, 0.15) is 0 Å². The normalized spacial score (nSPS) is 12.7. The van der Waals surface area contributed by atoms with Gasteiger partial charge in [0.25, 0.3) is 0 Å². The Labute approximate surface area is 88.5 Å². The zero-order valence-electron chi connectivity index (χ0n) is 8.34. The molecule has 0 saturated heterocycles. The van der Waals surface area contributed by atoms with Gasteiger partial charge in [-0.3, -0.25) is 0 Å². The molecular formula is C11H13O3P. The molecule has 0 amide bonds. The second-order valence-corrected chi connectivity index (χ2v) is 5.59. The Morgan fingerprint density at radius 3 is 2.40 bits per heavy atom. The molecule has 2 aromatic rings. The van der Waals surface area contributed by atoms with Crippen LogP contribution in [0.1, 0.15) is 0 Å². The van der Waals surface area contributed by atoms with Gasteiger partial charge in [-0.05, 0) is 0 Å². The van der Waals surface area contributed by atoms with Crippen molar-refractivity contribution in [3.05, 3.63) is 42.5 Å². The summed E-state index contributed by atoms with van der Waals surface area (Å²) >= 11 is 0.